The third-order valence-corrected chi connectivity index (χ3v) is 10.3. The molecular formula is C35H34FIrN2SSi-. The van der Waals surface area contributed by atoms with E-state index in [9.17, 15) is 0 Å². The summed E-state index contributed by atoms with van der Waals surface area (Å²) in [6.45, 7) is 12.6. The predicted octanol–water partition coefficient (Wildman–Crippen LogP) is 10.0. The normalized spacial score (nSPS) is 12.0. The first-order valence-corrected chi connectivity index (χ1v) is 17.7. The first-order chi connectivity index (χ1) is 19.1. The summed E-state index contributed by atoms with van der Waals surface area (Å²) in [4.78, 5) is 5.21. The zero-order chi connectivity index (χ0) is 28.2. The van der Waals surface area contributed by atoms with Crippen molar-refractivity contribution in [3.05, 3.63) is 101 Å². The molecule has 0 aliphatic heterocycles. The second-order valence-electron chi connectivity index (χ2n) is 11.7. The molecule has 41 heavy (non-hydrogen) atoms. The number of rotatable bonds is 6. The fraction of sp³-hybridized carbons (Fsp3) is 0.229. The van der Waals surface area contributed by atoms with E-state index in [1.807, 2.05) is 24.3 Å². The van der Waals surface area contributed by atoms with Gasteiger partial charge in [0.2, 0.25) is 0 Å². The number of thiophene rings is 1. The monoisotopic (exact) mass is 754 g/mol. The van der Waals surface area contributed by atoms with E-state index in [2.05, 4.69) is 98.3 Å². The molecule has 2 aromatic heterocycles. The Morgan fingerprint density at radius 1 is 0.805 bits per heavy atom. The fourth-order valence-corrected chi connectivity index (χ4v) is 7.33. The molecule has 0 fully saturated rings. The van der Waals surface area contributed by atoms with Crippen LogP contribution in [0, 0.1) is 5.38 Å². The van der Waals surface area contributed by atoms with E-state index in [0.29, 0.717) is 11.8 Å². The van der Waals surface area contributed by atoms with Crippen molar-refractivity contribution in [2.24, 2.45) is 0 Å². The average molecular weight is 754 g/mol. The van der Waals surface area contributed by atoms with E-state index in [-0.39, 0.29) is 20.1 Å². The summed E-state index contributed by atoms with van der Waals surface area (Å²) in [6.07, 6.45) is 0. The van der Waals surface area contributed by atoms with Gasteiger partial charge in [-0.15, -0.1) is 11.5 Å². The minimum absolute atomic E-state index is 0. The van der Waals surface area contributed by atoms with Crippen molar-refractivity contribution in [2.75, 3.05) is 0 Å². The molecule has 0 amide bonds. The summed E-state index contributed by atoms with van der Waals surface area (Å²) in [5.41, 5.74) is 9.16. The molecule has 6 rings (SSSR count). The summed E-state index contributed by atoms with van der Waals surface area (Å²) in [5, 5.41) is 5.39. The van der Waals surface area contributed by atoms with Crippen LogP contribution in [0.4, 0.5) is 4.11 Å². The molecule has 0 atom stereocenters. The molecule has 211 valence electrons. The van der Waals surface area contributed by atoms with Crippen LogP contribution in [0.3, 0.4) is 0 Å². The smallest absolute Gasteiger partial charge is 0.270 e. The Morgan fingerprint density at radius 2 is 1.44 bits per heavy atom. The Balaban J connectivity index is 0.00000337. The minimum Gasteiger partial charge on any atom is -0.333 e. The Kier molecular flexibility index (Phi) is 8.24. The van der Waals surface area contributed by atoms with E-state index in [4.69, 9.17) is 4.98 Å². The molecule has 1 radical (unpaired) electrons. The van der Waals surface area contributed by atoms with Crippen LogP contribution >= 0.6 is 11.3 Å². The van der Waals surface area contributed by atoms with Crippen molar-refractivity contribution in [3.8, 4) is 28.2 Å². The van der Waals surface area contributed by atoms with Crippen molar-refractivity contribution in [2.45, 2.75) is 52.6 Å². The minimum atomic E-state index is -2.98. The van der Waals surface area contributed by atoms with Crippen LogP contribution in [-0.2, 0) is 20.1 Å². The average Bonchev–Trinajstić information content (AvgIpc) is 3.53. The molecule has 6 heteroatoms. The van der Waals surface area contributed by atoms with Gasteiger partial charge in [0.15, 0.2) is 0 Å². The van der Waals surface area contributed by atoms with E-state index < -0.39 is 8.41 Å². The Bertz CT molecular complexity index is 1820. The van der Waals surface area contributed by atoms with Gasteiger partial charge in [-0.25, -0.2) is 0 Å². The van der Waals surface area contributed by atoms with Crippen molar-refractivity contribution >= 4 is 46.1 Å². The second kappa shape index (κ2) is 11.4. The van der Waals surface area contributed by atoms with Crippen LogP contribution in [0.1, 0.15) is 50.7 Å². The number of halogens is 1. The predicted molar refractivity (Wildman–Crippen MR) is 173 cm³/mol. The number of imidazole rings is 1. The maximum Gasteiger partial charge on any atom is 0.270 e. The van der Waals surface area contributed by atoms with Gasteiger partial charge in [0.1, 0.15) is 0 Å². The summed E-state index contributed by atoms with van der Waals surface area (Å²) >= 11 is 1.58. The first kappa shape index (κ1) is 29.6. The van der Waals surface area contributed by atoms with Crippen LogP contribution in [0.15, 0.2) is 84.9 Å². The Hall–Kier alpha value is -2.89. The molecule has 0 aliphatic carbocycles. The van der Waals surface area contributed by atoms with E-state index >= 15 is 4.11 Å². The third-order valence-electron chi connectivity index (χ3n) is 7.73. The zero-order valence-electron chi connectivity index (χ0n) is 24.3. The van der Waals surface area contributed by atoms with Gasteiger partial charge in [-0.1, -0.05) is 97.9 Å². The van der Waals surface area contributed by atoms with Crippen molar-refractivity contribution in [1.82, 2.24) is 9.55 Å². The molecular weight excluding hydrogens is 720 g/mol. The van der Waals surface area contributed by atoms with Crippen LogP contribution in [-0.4, -0.2) is 18.0 Å². The maximum absolute atomic E-state index is 15.2. The number of aromatic nitrogens is 2. The van der Waals surface area contributed by atoms with Gasteiger partial charge in [-0.2, -0.15) is 0 Å². The van der Waals surface area contributed by atoms with Gasteiger partial charge >= 0.3 is 0 Å². The summed E-state index contributed by atoms with van der Waals surface area (Å²) in [6, 6.07) is 29.7. The Morgan fingerprint density at radius 3 is 2.07 bits per heavy atom. The molecule has 4 aromatic carbocycles. The molecule has 2 heterocycles. The second-order valence-corrected chi connectivity index (χ2v) is 16.1. The fourth-order valence-electron chi connectivity index (χ4n) is 5.55. The quantitative estimate of drug-likeness (QED) is 0.0941. The number of hydrogen-bond acceptors (Lipinski definition) is 2. The van der Waals surface area contributed by atoms with Crippen LogP contribution in [0.25, 0.3) is 49.3 Å². The molecule has 6 aromatic rings. The first-order valence-electron chi connectivity index (χ1n) is 14.0. The Labute approximate surface area is 260 Å². The molecule has 0 saturated carbocycles. The molecule has 0 N–H and O–H groups in total. The van der Waals surface area contributed by atoms with Gasteiger partial charge in [0.25, 0.3) is 8.41 Å². The van der Waals surface area contributed by atoms with Crippen molar-refractivity contribution in [3.63, 3.8) is 0 Å². The zero-order valence-corrected chi connectivity index (χ0v) is 28.5. The number of hydrogen-bond donors (Lipinski definition) is 0. The molecule has 0 bridgehead atoms. The number of para-hydroxylation sites is 2. The third kappa shape index (κ3) is 5.39. The SMILES string of the molecule is CC(C)c1cc(-c2ccccc2)cc(C(C)C)c1-n1c(-c2[c-]sc3ccc([Si](C)(C)F)cc23)nc2ccccc21.[Ir]. The molecule has 0 aliphatic rings. The van der Waals surface area contributed by atoms with Crippen molar-refractivity contribution < 1.29 is 24.2 Å². The van der Waals surface area contributed by atoms with Gasteiger partial charge in [-0.3, -0.25) is 16.3 Å². The van der Waals surface area contributed by atoms with Crippen LogP contribution < -0.4 is 5.19 Å². The summed E-state index contributed by atoms with van der Waals surface area (Å²) in [5.74, 6) is 1.44. The van der Waals surface area contributed by atoms with Crippen LogP contribution in [0.5, 0.6) is 0 Å². The number of benzene rings is 4. The topological polar surface area (TPSA) is 17.8 Å². The number of fused-ring (bicyclic) bond motifs is 2. The largest absolute Gasteiger partial charge is 0.333 e. The standard InChI is InChI=1S/C35H34FN2SSi.Ir/c1-22(2)27-18-25(24-12-8-7-9-13-24)19-28(23(3)4)34(27)38-32-15-11-10-14-31(32)37-35(38)30-21-39-33-17-16-26(20-29(30)33)40(5,6)36;/h7-20,22-23H,1-6H3;/q-1;. The maximum atomic E-state index is 15.2. The van der Waals surface area contributed by atoms with Gasteiger partial charge in [-0.05, 0) is 76.6 Å². The van der Waals surface area contributed by atoms with Gasteiger partial charge in [0.05, 0.1) is 16.9 Å². The van der Waals surface area contributed by atoms with Crippen molar-refractivity contribution in [1.29, 1.82) is 0 Å². The van der Waals surface area contributed by atoms with E-state index in [1.165, 1.54) is 27.9 Å². The molecule has 2 nitrogen and oxygen atoms in total. The molecule has 0 saturated heterocycles. The van der Waals surface area contributed by atoms with Gasteiger partial charge < -0.3 is 8.67 Å². The van der Waals surface area contributed by atoms with E-state index in [1.54, 1.807) is 24.4 Å². The molecule has 0 spiro atoms. The summed E-state index contributed by atoms with van der Waals surface area (Å²) in [7, 11) is -2.98. The van der Waals surface area contributed by atoms with Crippen LogP contribution in [0.2, 0.25) is 13.1 Å². The van der Waals surface area contributed by atoms with Gasteiger partial charge in [0, 0.05) is 25.8 Å². The number of nitrogens with zero attached hydrogens (tertiary/aromatic N) is 2. The molecule has 0 unspecified atom stereocenters. The van der Waals surface area contributed by atoms with E-state index in [0.717, 1.165) is 37.7 Å². The summed E-state index contributed by atoms with van der Waals surface area (Å²) < 4.78 is 18.6.